The van der Waals surface area contributed by atoms with Crippen molar-refractivity contribution in [3.63, 3.8) is 0 Å². The Bertz CT molecular complexity index is 661. The van der Waals surface area contributed by atoms with Crippen molar-refractivity contribution >= 4 is 5.69 Å². The van der Waals surface area contributed by atoms with Crippen LogP contribution < -0.4 is 10.1 Å². The van der Waals surface area contributed by atoms with E-state index in [0.29, 0.717) is 12.3 Å². The molecule has 0 saturated heterocycles. The van der Waals surface area contributed by atoms with E-state index in [0.717, 1.165) is 36.4 Å². The zero-order valence-electron chi connectivity index (χ0n) is 11.1. The molecule has 4 heteroatoms. The van der Waals surface area contributed by atoms with Crippen LogP contribution in [-0.2, 0) is 13.0 Å². The SMILES string of the molecule is N#Cc1ncccc1COc1cccc2c1NCCC2. The molecule has 0 amide bonds. The smallest absolute Gasteiger partial charge is 0.147 e. The molecule has 0 fully saturated rings. The van der Waals surface area contributed by atoms with E-state index < -0.39 is 0 Å². The quantitative estimate of drug-likeness (QED) is 0.927. The monoisotopic (exact) mass is 265 g/mol. The molecule has 1 aromatic heterocycles. The number of nitrogens with zero attached hydrogens (tertiary/aromatic N) is 2. The van der Waals surface area contributed by atoms with Crippen LogP contribution in [-0.4, -0.2) is 11.5 Å². The predicted molar refractivity (Wildman–Crippen MR) is 76.5 cm³/mol. The number of fused-ring (bicyclic) bond motifs is 1. The van der Waals surface area contributed by atoms with Gasteiger partial charge in [-0.1, -0.05) is 18.2 Å². The van der Waals surface area contributed by atoms with Gasteiger partial charge in [0.25, 0.3) is 0 Å². The highest BCUT2D eigenvalue weighted by Gasteiger charge is 2.13. The van der Waals surface area contributed by atoms with Gasteiger partial charge in [0.05, 0.1) is 5.69 Å². The fraction of sp³-hybridized carbons (Fsp3) is 0.250. The summed E-state index contributed by atoms with van der Waals surface area (Å²) in [5.41, 5.74) is 3.61. The Balaban J connectivity index is 1.81. The van der Waals surface area contributed by atoms with Crippen LogP contribution >= 0.6 is 0 Å². The van der Waals surface area contributed by atoms with Crippen molar-refractivity contribution in [1.82, 2.24) is 4.98 Å². The highest BCUT2D eigenvalue weighted by molar-refractivity contribution is 5.63. The van der Waals surface area contributed by atoms with Crippen molar-refractivity contribution in [3.8, 4) is 11.8 Å². The Hall–Kier alpha value is -2.54. The number of ether oxygens (including phenoxy) is 1. The Kier molecular flexibility index (Phi) is 3.51. The van der Waals surface area contributed by atoms with Gasteiger partial charge in [0, 0.05) is 18.3 Å². The van der Waals surface area contributed by atoms with Crippen LogP contribution in [0, 0.1) is 11.3 Å². The number of benzene rings is 1. The van der Waals surface area contributed by atoms with Gasteiger partial charge >= 0.3 is 0 Å². The third-order valence-corrected chi connectivity index (χ3v) is 3.42. The van der Waals surface area contributed by atoms with E-state index in [4.69, 9.17) is 10.00 Å². The van der Waals surface area contributed by atoms with E-state index in [9.17, 15) is 0 Å². The first kappa shape index (κ1) is 12.5. The lowest BCUT2D eigenvalue weighted by Gasteiger charge is -2.21. The molecular weight excluding hydrogens is 250 g/mol. The molecule has 0 saturated carbocycles. The van der Waals surface area contributed by atoms with E-state index in [-0.39, 0.29) is 0 Å². The molecule has 0 atom stereocenters. The molecule has 0 aliphatic carbocycles. The van der Waals surface area contributed by atoms with Crippen LogP contribution in [0.5, 0.6) is 5.75 Å². The molecule has 100 valence electrons. The molecule has 0 bridgehead atoms. The second kappa shape index (κ2) is 5.62. The molecule has 0 spiro atoms. The number of para-hydroxylation sites is 1. The Morgan fingerprint density at radius 1 is 1.30 bits per heavy atom. The number of hydrogen-bond donors (Lipinski definition) is 1. The lowest BCUT2D eigenvalue weighted by Crippen LogP contribution is -2.13. The van der Waals surface area contributed by atoms with E-state index in [2.05, 4.69) is 22.4 Å². The summed E-state index contributed by atoms with van der Waals surface area (Å²) < 4.78 is 5.88. The molecule has 0 radical (unpaired) electrons. The number of rotatable bonds is 3. The van der Waals surface area contributed by atoms with E-state index >= 15 is 0 Å². The van der Waals surface area contributed by atoms with E-state index in [1.807, 2.05) is 24.3 Å². The van der Waals surface area contributed by atoms with Gasteiger partial charge in [0.15, 0.2) is 0 Å². The number of nitriles is 1. The van der Waals surface area contributed by atoms with Crippen molar-refractivity contribution in [1.29, 1.82) is 5.26 Å². The summed E-state index contributed by atoms with van der Waals surface area (Å²) in [7, 11) is 0. The first-order valence-electron chi connectivity index (χ1n) is 6.71. The molecule has 1 aliphatic rings. The maximum atomic E-state index is 9.03. The maximum Gasteiger partial charge on any atom is 0.147 e. The number of aromatic nitrogens is 1. The summed E-state index contributed by atoms with van der Waals surface area (Å²) in [4.78, 5) is 4.04. The summed E-state index contributed by atoms with van der Waals surface area (Å²) in [5, 5.41) is 12.4. The van der Waals surface area contributed by atoms with Gasteiger partial charge in [-0.2, -0.15) is 5.26 Å². The minimum atomic E-state index is 0.356. The van der Waals surface area contributed by atoms with Crippen LogP contribution in [0.1, 0.15) is 23.2 Å². The lowest BCUT2D eigenvalue weighted by molar-refractivity contribution is 0.306. The first-order chi connectivity index (χ1) is 9.88. The number of hydrogen-bond acceptors (Lipinski definition) is 4. The lowest BCUT2D eigenvalue weighted by atomic mass is 10.0. The molecule has 1 aromatic carbocycles. The van der Waals surface area contributed by atoms with Crippen LogP contribution in [0.4, 0.5) is 5.69 Å². The number of aryl methyl sites for hydroxylation is 1. The van der Waals surface area contributed by atoms with Crippen molar-refractivity contribution in [2.75, 3.05) is 11.9 Å². The van der Waals surface area contributed by atoms with Crippen LogP contribution in [0.3, 0.4) is 0 Å². The minimum absolute atomic E-state index is 0.356. The van der Waals surface area contributed by atoms with Gasteiger partial charge in [0.2, 0.25) is 0 Å². The predicted octanol–water partition coefficient (Wildman–Crippen LogP) is 2.89. The Morgan fingerprint density at radius 3 is 3.15 bits per heavy atom. The van der Waals surface area contributed by atoms with E-state index in [1.165, 1.54) is 5.56 Å². The zero-order valence-corrected chi connectivity index (χ0v) is 11.1. The molecule has 4 nitrogen and oxygen atoms in total. The number of nitrogens with one attached hydrogen (secondary N) is 1. The molecule has 2 heterocycles. The first-order valence-corrected chi connectivity index (χ1v) is 6.71. The second-order valence-electron chi connectivity index (χ2n) is 4.73. The maximum absolute atomic E-state index is 9.03. The molecule has 2 aromatic rings. The fourth-order valence-corrected chi connectivity index (χ4v) is 2.41. The van der Waals surface area contributed by atoms with Crippen molar-refractivity contribution in [2.45, 2.75) is 19.4 Å². The minimum Gasteiger partial charge on any atom is -0.487 e. The average Bonchev–Trinajstić information content (AvgIpc) is 2.53. The average molecular weight is 265 g/mol. The third kappa shape index (κ3) is 2.43. The molecule has 1 N–H and O–H groups in total. The normalized spacial score (nSPS) is 12.9. The van der Waals surface area contributed by atoms with Crippen LogP contribution in [0.2, 0.25) is 0 Å². The van der Waals surface area contributed by atoms with E-state index in [1.54, 1.807) is 6.20 Å². The molecule has 3 rings (SSSR count). The molecule has 20 heavy (non-hydrogen) atoms. The number of pyridine rings is 1. The Labute approximate surface area is 118 Å². The zero-order chi connectivity index (χ0) is 13.8. The standard InChI is InChI=1S/C16H15N3O/c17-10-14-13(6-3-8-18-14)11-20-15-7-1-4-12-5-2-9-19-16(12)15/h1,3-4,6-8,19H,2,5,9,11H2. The van der Waals surface area contributed by atoms with Crippen molar-refractivity contribution in [3.05, 3.63) is 53.3 Å². The van der Waals surface area contributed by atoms with Crippen molar-refractivity contribution < 1.29 is 4.74 Å². The highest BCUT2D eigenvalue weighted by Crippen LogP contribution is 2.32. The highest BCUT2D eigenvalue weighted by atomic mass is 16.5. The summed E-state index contributed by atoms with van der Waals surface area (Å²) >= 11 is 0. The largest absolute Gasteiger partial charge is 0.487 e. The second-order valence-corrected chi connectivity index (χ2v) is 4.73. The van der Waals surface area contributed by atoms with Crippen LogP contribution in [0.15, 0.2) is 36.5 Å². The van der Waals surface area contributed by atoms with Gasteiger partial charge < -0.3 is 10.1 Å². The number of anilines is 1. The fourth-order valence-electron chi connectivity index (χ4n) is 2.41. The van der Waals surface area contributed by atoms with Gasteiger partial charge in [0.1, 0.15) is 24.1 Å². The summed E-state index contributed by atoms with van der Waals surface area (Å²) in [6, 6.07) is 11.9. The van der Waals surface area contributed by atoms with Crippen LogP contribution in [0.25, 0.3) is 0 Å². The Morgan fingerprint density at radius 2 is 2.25 bits per heavy atom. The van der Waals surface area contributed by atoms with Crippen molar-refractivity contribution in [2.24, 2.45) is 0 Å². The van der Waals surface area contributed by atoms with Gasteiger partial charge in [-0.25, -0.2) is 4.98 Å². The van der Waals surface area contributed by atoms with Gasteiger partial charge in [-0.05, 0) is 30.5 Å². The molecule has 1 aliphatic heterocycles. The topological polar surface area (TPSA) is 57.9 Å². The molecule has 0 unspecified atom stereocenters. The summed E-state index contributed by atoms with van der Waals surface area (Å²) in [6.45, 7) is 1.33. The summed E-state index contributed by atoms with van der Waals surface area (Å²) in [5.74, 6) is 0.843. The summed E-state index contributed by atoms with van der Waals surface area (Å²) in [6.07, 6.45) is 3.85. The van der Waals surface area contributed by atoms with Gasteiger partial charge in [-0.15, -0.1) is 0 Å². The molecular formula is C16H15N3O. The third-order valence-electron chi connectivity index (χ3n) is 3.42. The van der Waals surface area contributed by atoms with Gasteiger partial charge in [-0.3, -0.25) is 0 Å².